The number of amides is 1. The molecule has 0 unspecified atom stereocenters. The first-order valence-electron chi connectivity index (χ1n) is 6.55. The number of carbonyl (C=O) groups excluding carboxylic acids is 1. The van der Waals surface area contributed by atoms with E-state index >= 15 is 0 Å². The number of benzene rings is 1. The predicted octanol–water partition coefficient (Wildman–Crippen LogP) is 2.56. The van der Waals surface area contributed by atoms with E-state index in [2.05, 4.69) is 4.18 Å². The number of carbonyl (C=O) groups is 1. The summed E-state index contributed by atoms with van der Waals surface area (Å²) in [7, 11) is -5.71. The number of ether oxygens (including phenoxy) is 1. The fourth-order valence-corrected chi connectivity index (χ4v) is 2.60. The highest BCUT2D eigenvalue weighted by Gasteiger charge is 2.48. The lowest BCUT2D eigenvalue weighted by Crippen LogP contribution is -2.28. The van der Waals surface area contributed by atoms with Gasteiger partial charge >= 0.3 is 21.7 Å². The van der Waals surface area contributed by atoms with E-state index in [1.165, 1.54) is 24.0 Å². The van der Waals surface area contributed by atoms with Gasteiger partial charge in [-0.25, -0.2) is 4.79 Å². The SMILES string of the molecule is Cc1cc(CN2C[C@@H](C)OC2=O)ccc1OS(=O)(=O)C(F)(F)F. The van der Waals surface area contributed by atoms with E-state index in [1.807, 2.05) is 0 Å². The fraction of sp³-hybridized carbons (Fsp3) is 0.462. The van der Waals surface area contributed by atoms with Gasteiger partial charge in [-0.1, -0.05) is 12.1 Å². The molecule has 1 saturated heterocycles. The Bertz CT molecular complexity index is 717. The summed E-state index contributed by atoms with van der Waals surface area (Å²) in [5.41, 5.74) is -4.67. The van der Waals surface area contributed by atoms with Crippen LogP contribution in [0.3, 0.4) is 0 Å². The molecular formula is C13H14F3NO5S. The average Bonchev–Trinajstić information content (AvgIpc) is 2.69. The summed E-state index contributed by atoms with van der Waals surface area (Å²) >= 11 is 0. The zero-order valence-electron chi connectivity index (χ0n) is 12.3. The van der Waals surface area contributed by atoms with Gasteiger partial charge in [0.15, 0.2) is 0 Å². The molecule has 1 aliphatic rings. The van der Waals surface area contributed by atoms with Crippen LogP contribution in [0.25, 0.3) is 0 Å². The number of hydrogen-bond donors (Lipinski definition) is 0. The molecule has 0 aromatic heterocycles. The Hall–Kier alpha value is -1.97. The lowest BCUT2D eigenvalue weighted by molar-refractivity contribution is -0.0500. The molecule has 0 saturated carbocycles. The van der Waals surface area contributed by atoms with E-state index in [9.17, 15) is 26.4 Å². The van der Waals surface area contributed by atoms with Crippen LogP contribution in [0.2, 0.25) is 0 Å². The van der Waals surface area contributed by atoms with E-state index < -0.39 is 27.5 Å². The van der Waals surface area contributed by atoms with Crippen molar-refractivity contribution in [1.29, 1.82) is 0 Å². The number of nitrogens with zero attached hydrogens (tertiary/aromatic N) is 1. The Morgan fingerprint density at radius 1 is 1.39 bits per heavy atom. The summed E-state index contributed by atoms with van der Waals surface area (Å²) in [4.78, 5) is 13.0. The van der Waals surface area contributed by atoms with Gasteiger partial charge in [0, 0.05) is 6.54 Å². The van der Waals surface area contributed by atoms with E-state index in [4.69, 9.17) is 4.74 Å². The monoisotopic (exact) mass is 353 g/mol. The standard InChI is InChI=1S/C13H14F3NO5S/c1-8-5-10(7-17-6-9(2)21-12(17)18)3-4-11(8)22-23(19,20)13(14,15)16/h3-5,9H,6-7H2,1-2H3/t9-/m1/s1. The molecule has 1 fully saturated rings. The lowest BCUT2D eigenvalue weighted by atomic mass is 10.1. The average molecular weight is 353 g/mol. The van der Waals surface area contributed by atoms with Crippen molar-refractivity contribution < 1.29 is 35.3 Å². The minimum absolute atomic E-state index is 0.205. The van der Waals surface area contributed by atoms with Crippen LogP contribution in [-0.4, -0.2) is 37.6 Å². The van der Waals surface area contributed by atoms with Crippen LogP contribution in [0.15, 0.2) is 18.2 Å². The number of alkyl halides is 3. The first kappa shape index (κ1) is 17.4. The van der Waals surface area contributed by atoms with Crippen LogP contribution in [0.1, 0.15) is 18.1 Å². The number of cyclic esters (lactones) is 1. The highest BCUT2D eigenvalue weighted by Crippen LogP contribution is 2.29. The van der Waals surface area contributed by atoms with Crippen molar-refractivity contribution in [1.82, 2.24) is 4.90 Å². The van der Waals surface area contributed by atoms with Crippen molar-refractivity contribution >= 4 is 16.2 Å². The third-order valence-corrected chi connectivity index (χ3v) is 4.10. The number of hydrogen-bond acceptors (Lipinski definition) is 5. The molecule has 1 aromatic carbocycles. The van der Waals surface area contributed by atoms with Gasteiger partial charge in [-0.2, -0.15) is 21.6 Å². The summed E-state index contributed by atoms with van der Waals surface area (Å²) in [6.45, 7) is 3.76. The summed E-state index contributed by atoms with van der Waals surface area (Å²) in [5, 5.41) is 0. The van der Waals surface area contributed by atoms with Gasteiger partial charge in [0.25, 0.3) is 0 Å². The first-order valence-corrected chi connectivity index (χ1v) is 7.96. The van der Waals surface area contributed by atoms with E-state index in [0.717, 1.165) is 6.07 Å². The molecule has 6 nitrogen and oxygen atoms in total. The van der Waals surface area contributed by atoms with Gasteiger partial charge in [-0.15, -0.1) is 0 Å². The van der Waals surface area contributed by atoms with Crippen LogP contribution in [-0.2, 0) is 21.4 Å². The summed E-state index contributed by atoms with van der Waals surface area (Å²) in [6.07, 6.45) is -0.710. The van der Waals surface area contributed by atoms with Gasteiger partial charge in [-0.05, 0) is 31.0 Å². The second kappa shape index (κ2) is 5.91. The summed E-state index contributed by atoms with van der Waals surface area (Å²) < 4.78 is 68.0. The van der Waals surface area contributed by atoms with Crippen molar-refractivity contribution in [2.24, 2.45) is 0 Å². The zero-order chi connectivity index (χ0) is 17.4. The molecule has 1 aliphatic heterocycles. The molecule has 1 atom stereocenters. The topological polar surface area (TPSA) is 72.9 Å². The molecule has 0 N–H and O–H groups in total. The molecule has 0 bridgehead atoms. The van der Waals surface area contributed by atoms with Gasteiger partial charge < -0.3 is 13.8 Å². The van der Waals surface area contributed by atoms with Crippen molar-refractivity contribution in [2.45, 2.75) is 32.0 Å². The quantitative estimate of drug-likeness (QED) is 0.614. The van der Waals surface area contributed by atoms with Crippen molar-refractivity contribution in [3.05, 3.63) is 29.3 Å². The number of halogens is 3. The third-order valence-electron chi connectivity index (χ3n) is 3.13. The van der Waals surface area contributed by atoms with Gasteiger partial charge in [0.05, 0.1) is 6.54 Å². The van der Waals surface area contributed by atoms with E-state index in [-0.39, 0.29) is 18.2 Å². The van der Waals surface area contributed by atoms with Crippen LogP contribution in [0, 0.1) is 6.92 Å². The molecule has 0 radical (unpaired) electrons. The van der Waals surface area contributed by atoms with Gasteiger partial charge in [0.2, 0.25) is 0 Å². The molecule has 23 heavy (non-hydrogen) atoms. The zero-order valence-corrected chi connectivity index (χ0v) is 13.1. The first-order chi connectivity index (χ1) is 10.5. The predicted molar refractivity (Wildman–Crippen MR) is 73.1 cm³/mol. The molecule has 2 rings (SSSR count). The Balaban J connectivity index is 2.14. The second-order valence-electron chi connectivity index (χ2n) is 5.16. The highest BCUT2D eigenvalue weighted by atomic mass is 32.2. The maximum Gasteiger partial charge on any atom is 0.534 e. The van der Waals surface area contributed by atoms with Gasteiger partial charge in [-0.3, -0.25) is 0 Å². The molecular weight excluding hydrogens is 339 g/mol. The fourth-order valence-electron chi connectivity index (χ4n) is 2.09. The Morgan fingerprint density at radius 2 is 2.04 bits per heavy atom. The summed E-state index contributed by atoms with van der Waals surface area (Å²) in [5.74, 6) is -0.413. The van der Waals surface area contributed by atoms with Crippen LogP contribution < -0.4 is 4.18 Å². The third kappa shape index (κ3) is 3.87. The molecule has 0 spiro atoms. The molecule has 1 aromatic rings. The lowest BCUT2D eigenvalue weighted by Gasteiger charge is -2.15. The molecule has 1 heterocycles. The Kier molecular flexibility index (Phi) is 4.47. The van der Waals surface area contributed by atoms with Crippen LogP contribution in [0.4, 0.5) is 18.0 Å². The van der Waals surface area contributed by atoms with Crippen molar-refractivity contribution in [3.63, 3.8) is 0 Å². The Labute approximate surface area is 130 Å². The number of aryl methyl sites for hydroxylation is 1. The minimum atomic E-state index is -5.71. The largest absolute Gasteiger partial charge is 0.534 e. The highest BCUT2D eigenvalue weighted by molar-refractivity contribution is 7.88. The maximum absolute atomic E-state index is 12.3. The number of rotatable bonds is 4. The van der Waals surface area contributed by atoms with Crippen molar-refractivity contribution in [3.8, 4) is 5.75 Å². The van der Waals surface area contributed by atoms with Crippen LogP contribution >= 0.6 is 0 Å². The smallest absolute Gasteiger partial charge is 0.444 e. The molecule has 1 amide bonds. The normalized spacial score (nSPS) is 18.9. The molecule has 10 heteroatoms. The van der Waals surface area contributed by atoms with E-state index in [0.29, 0.717) is 12.1 Å². The minimum Gasteiger partial charge on any atom is -0.444 e. The molecule has 128 valence electrons. The van der Waals surface area contributed by atoms with Gasteiger partial charge in [0.1, 0.15) is 11.9 Å². The van der Waals surface area contributed by atoms with Crippen molar-refractivity contribution in [2.75, 3.05) is 6.54 Å². The summed E-state index contributed by atoms with van der Waals surface area (Å²) in [6, 6.07) is 3.97. The maximum atomic E-state index is 12.3. The molecule has 0 aliphatic carbocycles. The second-order valence-corrected chi connectivity index (χ2v) is 6.70. The Morgan fingerprint density at radius 3 is 2.52 bits per heavy atom. The van der Waals surface area contributed by atoms with Crippen LogP contribution in [0.5, 0.6) is 5.75 Å². The van der Waals surface area contributed by atoms with E-state index in [1.54, 1.807) is 6.92 Å².